The van der Waals surface area contributed by atoms with E-state index in [1.165, 1.54) is 5.56 Å². The first kappa shape index (κ1) is 22.0. The monoisotopic (exact) mass is 383 g/mol. The van der Waals surface area contributed by atoms with Gasteiger partial charge in [0.2, 0.25) is 0 Å². The van der Waals surface area contributed by atoms with E-state index in [0.29, 0.717) is 18.1 Å². The van der Waals surface area contributed by atoms with Gasteiger partial charge in [-0.2, -0.15) is 0 Å². The molecule has 2 unspecified atom stereocenters. The Hall–Kier alpha value is -2.33. The van der Waals surface area contributed by atoms with Crippen molar-refractivity contribution in [1.82, 2.24) is 5.32 Å². The third kappa shape index (κ3) is 7.01. The van der Waals surface area contributed by atoms with Gasteiger partial charge >= 0.3 is 5.97 Å². The summed E-state index contributed by atoms with van der Waals surface area (Å²) >= 11 is 0. The summed E-state index contributed by atoms with van der Waals surface area (Å²) < 4.78 is 10.9. The van der Waals surface area contributed by atoms with Crippen LogP contribution in [0.5, 0.6) is 11.5 Å². The largest absolute Gasteiger partial charge is 0.496 e. The molecule has 2 aromatic carbocycles. The number of hydrogen-bond acceptors (Lipinski definition) is 4. The van der Waals surface area contributed by atoms with E-state index in [4.69, 9.17) is 9.47 Å². The van der Waals surface area contributed by atoms with Gasteiger partial charge in [-0.25, -0.2) is 0 Å². The highest BCUT2D eigenvalue weighted by molar-refractivity contribution is 5.72. The van der Waals surface area contributed by atoms with Crippen LogP contribution in [0.25, 0.3) is 0 Å². The first-order chi connectivity index (χ1) is 13.5. The summed E-state index contributed by atoms with van der Waals surface area (Å²) in [5.41, 5.74) is 2.35. The fourth-order valence-corrected chi connectivity index (χ4v) is 3.31. The quantitative estimate of drug-likeness (QED) is 0.324. The molecular formula is C24H33NO3. The van der Waals surface area contributed by atoms with Gasteiger partial charge in [0.25, 0.3) is 0 Å². The molecule has 2 rings (SSSR count). The number of unbranched alkanes of at least 4 members (excludes halogenated alkanes) is 1. The van der Waals surface area contributed by atoms with Gasteiger partial charge in [-0.3, -0.25) is 4.79 Å². The highest BCUT2D eigenvalue weighted by Crippen LogP contribution is 2.23. The molecule has 4 heteroatoms. The number of ether oxygens (including phenoxy) is 2. The molecular weight excluding hydrogens is 350 g/mol. The van der Waals surface area contributed by atoms with Gasteiger partial charge in [-0.15, -0.1) is 0 Å². The predicted octanol–water partition coefficient (Wildman–Crippen LogP) is 5.32. The molecule has 0 bridgehead atoms. The fourth-order valence-electron chi connectivity index (χ4n) is 3.31. The van der Waals surface area contributed by atoms with E-state index in [1.807, 2.05) is 49.5 Å². The normalized spacial score (nSPS) is 13.0. The van der Waals surface area contributed by atoms with Gasteiger partial charge in [0, 0.05) is 12.5 Å². The maximum atomic E-state index is 12.1. The van der Waals surface area contributed by atoms with Crippen molar-refractivity contribution in [2.45, 2.75) is 52.0 Å². The summed E-state index contributed by atoms with van der Waals surface area (Å²) in [6.45, 7) is 4.33. The van der Waals surface area contributed by atoms with E-state index in [1.54, 1.807) is 7.11 Å². The Labute approximate surface area is 169 Å². The molecule has 0 fully saturated rings. The number of para-hydroxylation sites is 1. The summed E-state index contributed by atoms with van der Waals surface area (Å²) in [5.74, 6) is 1.96. The average Bonchev–Trinajstić information content (AvgIpc) is 2.71. The summed E-state index contributed by atoms with van der Waals surface area (Å²) in [6.07, 6.45) is 4.39. The van der Waals surface area contributed by atoms with Gasteiger partial charge < -0.3 is 14.8 Å². The van der Waals surface area contributed by atoms with Crippen molar-refractivity contribution in [3.05, 3.63) is 59.7 Å². The predicted molar refractivity (Wildman–Crippen MR) is 114 cm³/mol. The number of carbonyl (C=O) groups excluding carboxylic acids is 1. The Kier molecular flexibility index (Phi) is 9.02. The van der Waals surface area contributed by atoms with Crippen molar-refractivity contribution in [1.29, 1.82) is 0 Å². The van der Waals surface area contributed by atoms with Crippen molar-refractivity contribution >= 4 is 5.97 Å². The van der Waals surface area contributed by atoms with E-state index in [0.717, 1.165) is 37.0 Å². The molecule has 1 N–H and O–H groups in total. The highest BCUT2D eigenvalue weighted by atomic mass is 16.5. The van der Waals surface area contributed by atoms with E-state index < -0.39 is 0 Å². The first-order valence-electron chi connectivity index (χ1n) is 10.1. The Morgan fingerprint density at radius 2 is 1.86 bits per heavy atom. The Morgan fingerprint density at radius 1 is 1.07 bits per heavy atom. The Morgan fingerprint density at radius 3 is 2.61 bits per heavy atom. The molecule has 152 valence electrons. The van der Waals surface area contributed by atoms with Crippen LogP contribution in [0, 0.1) is 5.92 Å². The molecule has 4 nitrogen and oxygen atoms in total. The molecule has 0 aromatic heterocycles. The molecule has 0 heterocycles. The maximum absolute atomic E-state index is 12.1. The van der Waals surface area contributed by atoms with Crippen LogP contribution >= 0.6 is 0 Å². The van der Waals surface area contributed by atoms with Crippen LogP contribution < -0.4 is 14.8 Å². The van der Waals surface area contributed by atoms with Gasteiger partial charge in [-0.05, 0) is 62.1 Å². The standard InChI is InChI=1S/C24H33NO3/c1-18(16-21-11-6-7-14-23(21)27-4)10-5-8-15-24(26)28-22-13-9-12-20(17-22)19(2)25-3/h6-7,9,11-14,17-19,25H,5,8,10,15-16H2,1-4H3. The zero-order chi connectivity index (χ0) is 20.4. The van der Waals surface area contributed by atoms with Gasteiger partial charge in [0.1, 0.15) is 11.5 Å². The summed E-state index contributed by atoms with van der Waals surface area (Å²) in [7, 11) is 3.63. The second-order valence-electron chi connectivity index (χ2n) is 7.42. The average molecular weight is 384 g/mol. The highest BCUT2D eigenvalue weighted by Gasteiger charge is 2.10. The minimum absolute atomic E-state index is 0.161. The minimum atomic E-state index is -0.161. The smallest absolute Gasteiger partial charge is 0.311 e. The van der Waals surface area contributed by atoms with E-state index in [9.17, 15) is 4.79 Å². The molecule has 0 spiro atoms. The lowest BCUT2D eigenvalue weighted by Gasteiger charge is -2.14. The lowest BCUT2D eigenvalue weighted by Crippen LogP contribution is -2.13. The molecule has 0 saturated carbocycles. The summed E-state index contributed by atoms with van der Waals surface area (Å²) in [5, 5.41) is 3.19. The van der Waals surface area contributed by atoms with Crippen molar-refractivity contribution in [2.24, 2.45) is 5.92 Å². The van der Waals surface area contributed by atoms with Crippen LogP contribution in [0.15, 0.2) is 48.5 Å². The zero-order valence-corrected chi connectivity index (χ0v) is 17.5. The molecule has 0 aliphatic heterocycles. The second kappa shape index (κ2) is 11.5. The van der Waals surface area contributed by atoms with E-state index in [2.05, 4.69) is 25.2 Å². The topological polar surface area (TPSA) is 47.6 Å². The molecule has 0 amide bonds. The number of benzene rings is 2. The number of rotatable bonds is 11. The van der Waals surface area contributed by atoms with Crippen molar-refractivity contribution < 1.29 is 14.3 Å². The lowest BCUT2D eigenvalue weighted by atomic mass is 9.95. The number of carbonyl (C=O) groups is 1. The molecule has 2 aromatic rings. The second-order valence-corrected chi connectivity index (χ2v) is 7.42. The summed E-state index contributed by atoms with van der Waals surface area (Å²) in [6, 6.07) is 16.1. The summed E-state index contributed by atoms with van der Waals surface area (Å²) in [4.78, 5) is 12.1. The first-order valence-corrected chi connectivity index (χ1v) is 10.1. The molecule has 0 aliphatic carbocycles. The number of hydrogen-bond donors (Lipinski definition) is 1. The maximum Gasteiger partial charge on any atom is 0.311 e. The van der Waals surface area contributed by atoms with Crippen LogP contribution in [0.4, 0.5) is 0 Å². The molecule has 0 radical (unpaired) electrons. The van der Waals surface area contributed by atoms with Gasteiger partial charge in [0.15, 0.2) is 0 Å². The van der Waals surface area contributed by atoms with Crippen LogP contribution in [-0.2, 0) is 11.2 Å². The van der Waals surface area contributed by atoms with Crippen LogP contribution in [0.3, 0.4) is 0 Å². The molecule has 0 aliphatic rings. The number of esters is 1. The fraction of sp³-hybridized carbons (Fsp3) is 0.458. The third-order valence-electron chi connectivity index (χ3n) is 5.11. The molecule has 28 heavy (non-hydrogen) atoms. The Bertz CT molecular complexity index is 744. The molecule has 0 saturated heterocycles. The van der Waals surface area contributed by atoms with Crippen molar-refractivity contribution in [2.75, 3.05) is 14.2 Å². The Balaban J connectivity index is 1.71. The van der Waals surface area contributed by atoms with Gasteiger partial charge in [0.05, 0.1) is 7.11 Å². The van der Waals surface area contributed by atoms with E-state index >= 15 is 0 Å². The van der Waals surface area contributed by atoms with E-state index in [-0.39, 0.29) is 12.0 Å². The van der Waals surface area contributed by atoms with Crippen LogP contribution in [0.1, 0.15) is 56.7 Å². The van der Waals surface area contributed by atoms with Crippen LogP contribution in [-0.4, -0.2) is 20.1 Å². The SMILES string of the molecule is CNC(C)c1cccc(OC(=O)CCCCC(C)Cc2ccccc2OC)c1. The minimum Gasteiger partial charge on any atom is -0.496 e. The molecule has 2 atom stereocenters. The van der Waals surface area contributed by atoms with Gasteiger partial charge in [-0.1, -0.05) is 50.1 Å². The number of methoxy groups -OCH3 is 1. The van der Waals surface area contributed by atoms with Crippen molar-refractivity contribution in [3.8, 4) is 11.5 Å². The van der Waals surface area contributed by atoms with Crippen LogP contribution in [0.2, 0.25) is 0 Å². The lowest BCUT2D eigenvalue weighted by molar-refractivity contribution is -0.134. The zero-order valence-electron chi connectivity index (χ0n) is 17.5. The number of nitrogens with one attached hydrogen (secondary N) is 1. The third-order valence-corrected chi connectivity index (χ3v) is 5.11. The van der Waals surface area contributed by atoms with Crippen molar-refractivity contribution in [3.63, 3.8) is 0 Å².